The fraction of sp³-hybridized carbons (Fsp3) is 0.857. The maximum absolute atomic E-state index is 11.3. The average Bonchev–Trinajstić information content (AvgIpc) is 2.50. The molecule has 122 valence electrons. The number of carboxylic acids is 1. The summed E-state index contributed by atoms with van der Waals surface area (Å²) < 4.78 is 11.6. The first kappa shape index (κ1) is 17.7. The average molecular weight is 302 g/mol. The number of unbranched alkanes of at least 4 members (excludes halogenated alkanes) is 1. The molecule has 0 bridgehead atoms. The first-order valence-electron chi connectivity index (χ1n) is 7.52. The van der Waals surface area contributed by atoms with Crippen molar-refractivity contribution < 1.29 is 24.2 Å². The van der Waals surface area contributed by atoms with E-state index in [2.05, 4.69) is 17.6 Å². The predicted octanol–water partition coefficient (Wildman–Crippen LogP) is 1.47. The Morgan fingerprint density at radius 3 is 2.48 bits per heavy atom. The zero-order valence-electron chi connectivity index (χ0n) is 12.8. The molecule has 3 N–H and O–H groups in total. The van der Waals surface area contributed by atoms with Crippen LogP contribution in [0.3, 0.4) is 0 Å². The fourth-order valence-corrected chi connectivity index (χ4v) is 2.33. The summed E-state index contributed by atoms with van der Waals surface area (Å²) in [5.74, 6) is -1.76. The Labute approximate surface area is 125 Å². The topological polar surface area (TPSA) is 96.9 Å². The van der Waals surface area contributed by atoms with Gasteiger partial charge in [0.2, 0.25) is 0 Å². The standard InChI is InChI=1S/C14H26N2O5/c1-3-4-7-14(20-9-5-10-21-14)8-6-11(12(17)18)16-13(19)15-2/h11H,3-10H2,1-2H3,(H,17,18)(H2,15,16,19)/t11-/m1/s1. The molecular weight excluding hydrogens is 276 g/mol. The highest BCUT2D eigenvalue weighted by atomic mass is 16.7. The van der Waals surface area contributed by atoms with Crippen molar-refractivity contribution in [2.24, 2.45) is 0 Å². The monoisotopic (exact) mass is 302 g/mol. The van der Waals surface area contributed by atoms with Crippen molar-refractivity contribution in [1.82, 2.24) is 10.6 Å². The van der Waals surface area contributed by atoms with Gasteiger partial charge in [-0.05, 0) is 19.3 Å². The van der Waals surface area contributed by atoms with Crippen molar-refractivity contribution in [1.29, 1.82) is 0 Å². The molecule has 2 amide bonds. The lowest BCUT2D eigenvalue weighted by Crippen LogP contribution is -2.47. The van der Waals surface area contributed by atoms with Crippen LogP contribution in [0.2, 0.25) is 0 Å². The van der Waals surface area contributed by atoms with E-state index in [0.29, 0.717) is 19.6 Å². The maximum atomic E-state index is 11.3. The highest BCUT2D eigenvalue weighted by Gasteiger charge is 2.35. The molecule has 1 aliphatic rings. The van der Waals surface area contributed by atoms with E-state index in [0.717, 1.165) is 25.7 Å². The van der Waals surface area contributed by atoms with Crippen LogP contribution in [-0.2, 0) is 14.3 Å². The Morgan fingerprint density at radius 1 is 1.29 bits per heavy atom. The van der Waals surface area contributed by atoms with E-state index >= 15 is 0 Å². The first-order chi connectivity index (χ1) is 10.0. The smallest absolute Gasteiger partial charge is 0.326 e. The van der Waals surface area contributed by atoms with Gasteiger partial charge >= 0.3 is 12.0 Å². The van der Waals surface area contributed by atoms with E-state index < -0.39 is 23.8 Å². The maximum Gasteiger partial charge on any atom is 0.326 e. The molecule has 0 aromatic heterocycles. The molecule has 0 aromatic carbocycles. The normalized spacial score (nSPS) is 18.8. The van der Waals surface area contributed by atoms with E-state index in [-0.39, 0.29) is 6.42 Å². The van der Waals surface area contributed by atoms with Crippen molar-refractivity contribution in [3.05, 3.63) is 0 Å². The number of rotatable bonds is 8. The summed E-state index contributed by atoms with van der Waals surface area (Å²) in [7, 11) is 1.45. The predicted molar refractivity (Wildman–Crippen MR) is 77.0 cm³/mol. The zero-order chi connectivity index (χ0) is 15.7. The fourth-order valence-electron chi connectivity index (χ4n) is 2.33. The molecule has 21 heavy (non-hydrogen) atoms. The first-order valence-corrected chi connectivity index (χ1v) is 7.52. The SMILES string of the molecule is CCCCC1(CC[C@@H](NC(=O)NC)C(=O)O)OCCCO1. The molecule has 0 spiro atoms. The van der Waals surface area contributed by atoms with Gasteiger partial charge < -0.3 is 25.2 Å². The molecule has 0 aromatic rings. The molecule has 0 aliphatic carbocycles. The Balaban J connectivity index is 2.59. The van der Waals surface area contributed by atoms with Gasteiger partial charge in [-0.2, -0.15) is 0 Å². The summed E-state index contributed by atoms with van der Waals surface area (Å²) in [5.41, 5.74) is 0. The molecule has 7 heteroatoms. The molecule has 0 unspecified atom stereocenters. The van der Waals surface area contributed by atoms with Crippen LogP contribution in [0.15, 0.2) is 0 Å². The molecule has 1 fully saturated rings. The highest BCUT2D eigenvalue weighted by Crippen LogP contribution is 2.30. The summed E-state index contributed by atoms with van der Waals surface area (Å²) in [6.07, 6.45) is 4.30. The van der Waals surface area contributed by atoms with E-state index in [1.165, 1.54) is 7.05 Å². The number of carbonyl (C=O) groups is 2. The Bertz CT molecular complexity index is 342. The lowest BCUT2D eigenvalue weighted by molar-refractivity contribution is -0.274. The Morgan fingerprint density at radius 2 is 1.95 bits per heavy atom. The summed E-state index contributed by atoms with van der Waals surface area (Å²) in [6.45, 7) is 3.35. The van der Waals surface area contributed by atoms with Crippen LogP contribution >= 0.6 is 0 Å². The number of ether oxygens (including phenoxy) is 2. The van der Waals surface area contributed by atoms with Gasteiger partial charge in [0.05, 0.1) is 13.2 Å². The van der Waals surface area contributed by atoms with Crippen molar-refractivity contribution in [2.75, 3.05) is 20.3 Å². The Hall–Kier alpha value is -1.34. The minimum absolute atomic E-state index is 0.270. The van der Waals surface area contributed by atoms with E-state index in [4.69, 9.17) is 9.47 Å². The molecule has 0 saturated carbocycles. The zero-order valence-corrected chi connectivity index (χ0v) is 12.8. The van der Waals surface area contributed by atoms with E-state index in [1.54, 1.807) is 0 Å². The largest absolute Gasteiger partial charge is 0.480 e. The van der Waals surface area contributed by atoms with Crippen molar-refractivity contribution in [2.45, 2.75) is 57.3 Å². The molecule has 0 radical (unpaired) electrons. The van der Waals surface area contributed by atoms with Gasteiger partial charge in [0.1, 0.15) is 6.04 Å². The van der Waals surface area contributed by atoms with Gasteiger partial charge in [-0.15, -0.1) is 0 Å². The number of hydrogen-bond acceptors (Lipinski definition) is 4. The van der Waals surface area contributed by atoms with E-state index in [9.17, 15) is 14.7 Å². The van der Waals surface area contributed by atoms with Gasteiger partial charge in [-0.3, -0.25) is 0 Å². The number of urea groups is 1. The summed E-state index contributed by atoms with van der Waals surface area (Å²) in [4.78, 5) is 22.5. The molecular formula is C14H26N2O5. The second-order valence-corrected chi connectivity index (χ2v) is 5.22. The minimum Gasteiger partial charge on any atom is -0.480 e. The Kier molecular flexibility index (Phi) is 7.45. The number of carboxylic acid groups (broad SMARTS) is 1. The van der Waals surface area contributed by atoms with Crippen LogP contribution in [0.25, 0.3) is 0 Å². The van der Waals surface area contributed by atoms with Gasteiger partial charge in [0, 0.05) is 19.9 Å². The number of amides is 2. The summed E-state index contributed by atoms with van der Waals surface area (Å²) in [5, 5.41) is 14.0. The van der Waals surface area contributed by atoms with Crippen LogP contribution < -0.4 is 10.6 Å². The van der Waals surface area contributed by atoms with Gasteiger partial charge in [0.15, 0.2) is 5.79 Å². The summed E-state index contributed by atoms with van der Waals surface area (Å²) >= 11 is 0. The van der Waals surface area contributed by atoms with Crippen LogP contribution in [0.1, 0.15) is 45.4 Å². The molecule has 1 atom stereocenters. The number of carbonyl (C=O) groups excluding carboxylic acids is 1. The van der Waals surface area contributed by atoms with E-state index in [1.807, 2.05) is 0 Å². The van der Waals surface area contributed by atoms with Crippen molar-refractivity contribution >= 4 is 12.0 Å². The molecule has 1 saturated heterocycles. The summed E-state index contributed by atoms with van der Waals surface area (Å²) in [6, 6.07) is -1.45. The van der Waals surface area contributed by atoms with Crippen molar-refractivity contribution in [3.63, 3.8) is 0 Å². The second-order valence-electron chi connectivity index (χ2n) is 5.22. The molecule has 1 rings (SSSR count). The molecule has 1 heterocycles. The molecule has 7 nitrogen and oxygen atoms in total. The van der Waals surface area contributed by atoms with Crippen LogP contribution in [-0.4, -0.2) is 49.2 Å². The number of hydrogen-bond donors (Lipinski definition) is 3. The van der Waals surface area contributed by atoms with Gasteiger partial charge in [0.25, 0.3) is 0 Å². The number of aliphatic carboxylic acids is 1. The third kappa shape index (κ3) is 5.89. The quantitative estimate of drug-likeness (QED) is 0.631. The lowest BCUT2D eigenvalue weighted by Gasteiger charge is -2.38. The second kappa shape index (κ2) is 8.84. The lowest BCUT2D eigenvalue weighted by atomic mass is 9.99. The van der Waals surface area contributed by atoms with Crippen molar-refractivity contribution in [3.8, 4) is 0 Å². The van der Waals surface area contributed by atoms with Gasteiger partial charge in [-0.25, -0.2) is 9.59 Å². The highest BCUT2D eigenvalue weighted by molar-refractivity contribution is 5.82. The van der Waals surface area contributed by atoms with Gasteiger partial charge in [-0.1, -0.05) is 13.3 Å². The van der Waals surface area contributed by atoms with Crippen LogP contribution in [0, 0.1) is 0 Å². The number of nitrogens with one attached hydrogen (secondary N) is 2. The third-order valence-corrected chi connectivity index (χ3v) is 3.57. The van der Waals surface area contributed by atoms with Crippen LogP contribution in [0.5, 0.6) is 0 Å². The minimum atomic E-state index is -1.06. The van der Waals surface area contributed by atoms with Crippen LogP contribution in [0.4, 0.5) is 4.79 Å². The third-order valence-electron chi connectivity index (χ3n) is 3.57. The molecule has 1 aliphatic heterocycles.